The molecule has 0 saturated heterocycles. The standard InChI is InChI=1S/C23H20F2N4O4/c1-13-10-19(14(2)29(13)17-5-7-18(8-6-17)33-23(24)25)21(30)15(3)32-22(31)16-4-9-20-27-26-12-28(20)11-16/h4-12,15,23H,1-3H3. The Morgan fingerprint density at radius 1 is 1.06 bits per heavy atom. The van der Waals surface area contributed by atoms with Gasteiger partial charge < -0.3 is 14.0 Å². The molecule has 4 aromatic rings. The fourth-order valence-corrected chi connectivity index (χ4v) is 3.64. The first-order valence-corrected chi connectivity index (χ1v) is 10.0. The van der Waals surface area contributed by atoms with E-state index in [1.54, 1.807) is 41.7 Å². The van der Waals surface area contributed by atoms with Crippen molar-refractivity contribution in [1.82, 2.24) is 19.2 Å². The van der Waals surface area contributed by atoms with E-state index in [1.807, 2.05) is 11.5 Å². The largest absolute Gasteiger partial charge is 0.451 e. The Kier molecular flexibility index (Phi) is 5.91. The predicted octanol–water partition coefficient (Wildman–Crippen LogP) is 4.17. The van der Waals surface area contributed by atoms with Crippen LogP contribution in [0.25, 0.3) is 11.3 Å². The number of carbonyl (C=O) groups excluding carboxylic acids is 2. The number of Topliss-reactive ketones (excluding diaryl/α,β-unsaturated/α-hetero) is 1. The molecule has 1 unspecified atom stereocenters. The summed E-state index contributed by atoms with van der Waals surface area (Å²) in [5.74, 6) is -0.960. The number of ketones is 1. The van der Waals surface area contributed by atoms with Crippen molar-refractivity contribution in [3.8, 4) is 11.4 Å². The molecule has 0 aliphatic heterocycles. The van der Waals surface area contributed by atoms with Crippen molar-refractivity contribution in [2.24, 2.45) is 0 Å². The summed E-state index contributed by atoms with van der Waals surface area (Å²) in [5.41, 5.74) is 3.31. The minimum atomic E-state index is -2.90. The number of aromatic nitrogens is 4. The molecule has 170 valence electrons. The van der Waals surface area contributed by atoms with Crippen molar-refractivity contribution < 1.29 is 27.8 Å². The molecule has 3 aromatic heterocycles. The predicted molar refractivity (Wildman–Crippen MR) is 114 cm³/mol. The molecule has 3 heterocycles. The summed E-state index contributed by atoms with van der Waals surface area (Å²) in [6.07, 6.45) is 1.97. The molecular weight excluding hydrogens is 434 g/mol. The van der Waals surface area contributed by atoms with E-state index in [2.05, 4.69) is 14.9 Å². The highest BCUT2D eigenvalue weighted by Gasteiger charge is 2.25. The average Bonchev–Trinajstić information content (AvgIpc) is 3.36. The van der Waals surface area contributed by atoms with E-state index in [1.165, 1.54) is 31.6 Å². The highest BCUT2D eigenvalue weighted by atomic mass is 19.3. The molecule has 4 rings (SSSR count). The first kappa shape index (κ1) is 22.1. The smallest absolute Gasteiger partial charge is 0.387 e. The summed E-state index contributed by atoms with van der Waals surface area (Å²) in [6.45, 7) is 2.19. The van der Waals surface area contributed by atoms with Crippen LogP contribution < -0.4 is 4.74 Å². The molecule has 0 fully saturated rings. The van der Waals surface area contributed by atoms with E-state index in [0.29, 0.717) is 22.6 Å². The molecule has 1 atom stereocenters. The number of hydrogen-bond acceptors (Lipinski definition) is 6. The van der Waals surface area contributed by atoms with Crippen LogP contribution in [0.15, 0.2) is 55.0 Å². The van der Waals surface area contributed by atoms with E-state index < -0.39 is 18.7 Å². The zero-order chi connectivity index (χ0) is 23.7. The van der Waals surface area contributed by atoms with E-state index in [9.17, 15) is 18.4 Å². The van der Waals surface area contributed by atoms with Crippen LogP contribution in [-0.2, 0) is 4.74 Å². The fraction of sp³-hybridized carbons (Fsp3) is 0.217. The van der Waals surface area contributed by atoms with Crippen LogP contribution in [0.1, 0.15) is 39.0 Å². The van der Waals surface area contributed by atoms with Gasteiger partial charge in [0.25, 0.3) is 0 Å². The van der Waals surface area contributed by atoms with Crippen LogP contribution in [0.4, 0.5) is 8.78 Å². The van der Waals surface area contributed by atoms with E-state index in [0.717, 1.165) is 5.69 Å². The van der Waals surface area contributed by atoms with E-state index in [4.69, 9.17) is 4.74 Å². The summed E-state index contributed by atoms with van der Waals surface area (Å²) >= 11 is 0. The lowest BCUT2D eigenvalue weighted by atomic mass is 10.1. The van der Waals surface area contributed by atoms with Crippen LogP contribution >= 0.6 is 0 Å². The molecule has 0 aliphatic rings. The first-order chi connectivity index (χ1) is 15.7. The highest BCUT2D eigenvalue weighted by Crippen LogP contribution is 2.25. The molecule has 0 amide bonds. The van der Waals surface area contributed by atoms with Gasteiger partial charge in [0.05, 0.1) is 5.56 Å². The third-order valence-corrected chi connectivity index (χ3v) is 5.20. The van der Waals surface area contributed by atoms with Gasteiger partial charge in [-0.05, 0) is 63.2 Å². The Morgan fingerprint density at radius 2 is 1.79 bits per heavy atom. The van der Waals surface area contributed by atoms with Gasteiger partial charge in [-0.15, -0.1) is 10.2 Å². The normalized spacial score (nSPS) is 12.2. The number of alkyl halides is 2. The van der Waals surface area contributed by atoms with Crippen LogP contribution in [0.2, 0.25) is 0 Å². The second kappa shape index (κ2) is 8.81. The molecule has 1 aromatic carbocycles. The van der Waals surface area contributed by atoms with Crippen molar-refractivity contribution in [1.29, 1.82) is 0 Å². The second-order valence-electron chi connectivity index (χ2n) is 7.42. The van der Waals surface area contributed by atoms with Gasteiger partial charge in [-0.25, -0.2) is 4.79 Å². The molecule has 33 heavy (non-hydrogen) atoms. The molecule has 10 heteroatoms. The molecule has 0 aliphatic carbocycles. The summed E-state index contributed by atoms with van der Waals surface area (Å²) in [4.78, 5) is 25.6. The lowest BCUT2D eigenvalue weighted by molar-refractivity contribution is -0.0498. The van der Waals surface area contributed by atoms with Crippen LogP contribution in [0.3, 0.4) is 0 Å². The maximum absolute atomic E-state index is 13.1. The Balaban J connectivity index is 1.52. The SMILES string of the molecule is Cc1cc(C(=O)C(C)OC(=O)c2ccc3nncn3c2)c(C)n1-c1ccc(OC(F)F)cc1. The van der Waals surface area contributed by atoms with Gasteiger partial charge in [0.15, 0.2) is 11.8 Å². The van der Waals surface area contributed by atoms with Crippen molar-refractivity contribution in [3.05, 3.63) is 77.5 Å². The number of nitrogens with zero attached hydrogens (tertiary/aromatic N) is 4. The zero-order valence-electron chi connectivity index (χ0n) is 18.0. The minimum absolute atomic E-state index is 0.0395. The maximum Gasteiger partial charge on any atom is 0.387 e. The van der Waals surface area contributed by atoms with Crippen LogP contribution in [0.5, 0.6) is 5.75 Å². The molecule has 0 N–H and O–H groups in total. The van der Waals surface area contributed by atoms with Gasteiger partial charge in [-0.1, -0.05) is 0 Å². The molecular formula is C23H20F2N4O4. The summed E-state index contributed by atoms with van der Waals surface area (Å²) < 4.78 is 37.9. The van der Waals surface area contributed by atoms with Crippen molar-refractivity contribution in [2.45, 2.75) is 33.5 Å². The van der Waals surface area contributed by atoms with E-state index in [-0.39, 0.29) is 17.1 Å². The van der Waals surface area contributed by atoms with Crippen molar-refractivity contribution in [2.75, 3.05) is 0 Å². The van der Waals surface area contributed by atoms with Gasteiger partial charge in [-0.3, -0.25) is 9.20 Å². The molecule has 0 saturated carbocycles. The number of aryl methyl sites for hydroxylation is 1. The van der Waals surface area contributed by atoms with Crippen molar-refractivity contribution in [3.63, 3.8) is 0 Å². The average molecular weight is 454 g/mol. The number of halogens is 2. The Labute approximate surface area is 187 Å². The Morgan fingerprint density at radius 3 is 2.48 bits per heavy atom. The summed E-state index contributed by atoms with van der Waals surface area (Å²) in [6, 6.07) is 11.0. The third kappa shape index (κ3) is 4.45. The fourth-order valence-electron chi connectivity index (χ4n) is 3.64. The third-order valence-electron chi connectivity index (χ3n) is 5.20. The number of rotatable bonds is 7. The van der Waals surface area contributed by atoms with Gasteiger partial charge in [0, 0.05) is 28.8 Å². The number of fused-ring (bicyclic) bond motifs is 1. The van der Waals surface area contributed by atoms with Gasteiger partial charge in [-0.2, -0.15) is 8.78 Å². The second-order valence-corrected chi connectivity index (χ2v) is 7.42. The number of ether oxygens (including phenoxy) is 2. The highest BCUT2D eigenvalue weighted by molar-refractivity contribution is 6.02. The molecule has 0 radical (unpaired) electrons. The summed E-state index contributed by atoms with van der Waals surface area (Å²) in [5, 5.41) is 7.63. The number of benzene rings is 1. The first-order valence-electron chi connectivity index (χ1n) is 10.0. The molecule has 0 spiro atoms. The number of hydrogen-bond donors (Lipinski definition) is 0. The Bertz CT molecular complexity index is 1330. The minimum Gasteiger partial charge on any atom is -0.451 e. The lowest BCUT2D eigenvalue weighted by Crippen LogP contribution is -2.25. The van der Waals surface area contributed by atoms with Crippen LogP contribution in [0, 0.1) is 13.8 Å². The summed E-state index contributed by atoms with van der Waals surface area (Å²) in [7, 11) is 0. The van der Waals surface area contributed by atoms with Crippen LogP contribution in [-0.4, -0.2) is 43.6 Å². The number of esters is 1. The number of pyridine rings is 1. The topological polar surface area (TPSA) is 87.7 Å². The molecule has 0 bridgehead atoms. The van der Waals surface area contributed by atoms with Gasteiger partial charge in [0.2, 0.25) is 5.78 Å². The quantitative estimate of drug-likeness (QED) is 0.308. The van der Waals surface area contributed by atoms with Gasteiger partial charge in [0.1, 0.15) is 12.1 Å². The lowest BCUT2D eigenvalue weighted by Gasteiger charge is -2.14. The monoisotopic (exact) mass is 454 g/mol. The molecule has 8 nitrogen and oxygen atoms in total. The Hall–Kier alpha value is -4.08. The van der Waals surface area contributed by atoms with Gasteiger partial charge >= 0.3 is 12.6 Å². The zero-order valence-corrected chi connectivity index (χ0v) is 18.0. The van der Waals surface area contributed by atoms with E-state index >= 15 is 0 Å². The number of carbonyl (C=O) groups is 2. The van der Waals surface area contributed by atoms with Crippen molar-refractivity contribution >= 4 is 17.4 Å². The maximum atomic E-state index is 13.1.